The third-order valence-electron chi connectivity index (χ3n) is 10.5. The molecule has 6 rings (SSSR count). The van der Waals surface area contributed by atoms with Crippen LogP contribution in [0.3, 0.4) is 0 Å². The number of azo groups is 2. The minimum atomic E-state index is -5.83. The average Bonchev–Trinajstić information content (AvgIpc) is 3.96. The summed E-state index contributed by atoms with van der Waals surface area (Å²) in [5.41, 5.74) is -0.00582. The van der Waals surface area contributed by atoms with E-state index in [1.165, 1.54) is 50.6 Å². The molecule has 32 heteroatoms. The van der Waals surface area contributed by atoms with Gasteiger partial charge in [0.2, 0.25) is 10.3 Å². The van der Waals surface area contributed by atoms with Crippen LogP contribution >= 0.6 is 46.2 Å². The van der Waals surface area contributed by atoms with E-state index in [1.807, 2.05) is 37.5 Å². The number of thioether (sulfide) groups is 2. The molecule has 0 spiro atoms. The van der Waals surface area contributed by atoms with E-state index in [0.29, 0.717) is 51.9 Å². The first kappa shape index (κ1) is 61.1. The molecule has 0 saturated carbocycles. The first-order valence-corrected chi connectivity index (χ1v) is 28.8. The standard InChI is InChI=1S/C45H46F10N8O8S6/c1-7-15-62(16-8-2)32-23-38(30(21-34(32)68-5)58-60-40-56-28-13-11-26(19-36(28)72-40)74-44(52,53)42(46,47)48)76(64,65)70-25-71-77(66,67)39-24-33(63(17-9-3)18-10-4)35(69-6)22-31(39)59-61-41-57-29-14-12-27(20-37(29)73-41)75-45(54,55)43(49,50)51/h11-14,19-24H,7-10,15-18,25H2,1-6H3. The van der Waals surface area contributed by atoms with Crippen molar-refractivity contribution < 1.29 is 78.6 Å². The quantitative estimate of drug-likeness (QED) is 0.0164. The largest absolute Gasteiger partial charge is 0.495 e. The lowest BCUT2D eigenvalue weighted by molar-refractivity contribution is -0.237. The molecule has 0 bridgehead atoms. The monoisotopic (exact) mass is 1210 g/mol. The van der Waals surface area contributed by atoms with Crippen LogP contribution in [0, 0.1) is 0 Å². The van der Waals surface area contributed by atoms with Gasteiger partial charge in [0.1, 0.15) is 32.7 Å². The number of methoxy groups -OCH3 is 2. The Morgan fingerprint density at radius 1 is 0.532 bits per heavy atom. The predicted molar refractivity (Wildman–Crippen MR) is 274 cm³/mol. The Morgan fingerprint density at radius 2 is 0.883 bits per heavy atom. The molecule has 0 atom stereocenters. The molecule has 77 heavy (non-hydrogen) atoms. The third-order valence-corrected chi connectivity index (χ3v) is 16.8. The topological polar surface area (TPSA) is 187 Å². The number of rotatable bonds is 26. The van der Waals surface area contributed by atoms with Crippen LogP contribution in [0.2, 0.25) is 0 Å². The zero-order chi connectivity index (χ0) is 56.7. The molecule has 0 fully saturated rings. The van der Waals surface area contributed by atoms with Crippen molar-refractivity contribution in [2.75, 3.05) is 57.0 Å². The van der Waals surface area contributed by atoms with Crippen LogP contribution in [0.4, 0.5) is 76.9 Å². The van der Waals surface area contributed by atoms with Gasteiger partial charge in [-0.1, -0.05) is 50.4 Å². The molecule has 0 aliphatic carbocycles. The minimum Gasteiger partial charge on any atom is -0.495 e. The van der Waals surface area contributed by atoms with Crippen molar-refractivity contribution >= 4 is 120 Å². The van der Waals surface area contributed by atoms with Gasteiger partial charge in [0, 0.05) is 48.1 Å². The summed E-state index contributed by atoms with van der Waals surface area (Å²) in [6.07, 6.45) is -9.20. The lowest BCUT2D eigenvalue weighted by atomic mass is 10.2. The smallest absolute Gasteiger partial charge is 0.464 e. The summed E-state index contributed by atoms with van der Waals surface area (Å²) in [5, 5.41) is 5.73. The molecule has 0 saturated heterocycles. The van der Waals surface area contributed by atoms with Crippen molar-refractivity contribution in [1.82, 2.24) is 9.97 Å². The summed E-state index contributed by atoms with van der Waals surface area (Å²) >= 11 is 0.0495. The van der Waals surface area contributed by atoms with Gasteiger partial charge in [-0.3, -0.25) is 0 Å². The second-order valence-electron chi connectivity index (χ2n) is 16.1. The van der Waals surface area contributed by atoms with E-state index >= 15 is 0 Å². The van der Waals surface area contributed by atoms with E-state index in [9.17, 15) is 60.7 Å². The molecule has 420 valence electrons. The van der Waals surface area contributed by atoms with Crippen molar-refractivity contribution in [3.8, 4) is 11.5 Å². The van der Waals surface area contributed by atoms with Crippen molar-refractivity contribution in [3.05, 3.63) is 60.7 Å². The van der Waals surface area contributed by atoms with Gasteiger partial charge in [-0.05, 0) is 97.7 Å². The summed E-state index contributed by atoms with van der Waals surface area (Å²) in [6.45, 7) is 7.79. The molecule has 6 aromatic rings. The number of nitrogens with zero attached hydrogens (tertiary/aromatic N) is 8. The summed E-state index contributed by atoms with van der Waals surface area (Å²) in [4.78, 5) is 9.91. The van der Waals surface area contributed by atoms with E-state index in [0.717, 1.165) is 46.9 Å². The Kier molecular flexibility index (Phi) is 19.8. The van der Waals surface area contributed by atoms with Gasteiger partial charge in [-0.25, -0.2) is 18.3 Å². The van der Waals surface area contributed by atoms with E-state index < -0.39 is 104 Å². The number of thiazole rings is 2. The van der Waals surface area contributed by atoms with Crippen molar-refractivity contribution in [2.45, 2.75) is 95.8 Å². The minimum absolute atomic E-state index is 0.132. The number of alkyl halides is 10. The Labute approximate surface area is 451 Å². The molecule has 4 aromatic carbocycles. The summed E-state index contributed by atoms with van der Waals surface area (Å²) in [5.74, 6) is 0.264. The van der Waals surface area contributed by atoms with Crippen LogP contribution in [-0.4, -0.2) is 96.9 Å². The molecular formula is C45H46F10N8O8S6. The molecule has 2 aromatic heterocycles. The van der Waals surface area contributed by atoms with Crippen LogP contribution in [0.5, 0.6) is 11.5 Å². The van der Waals surface area contributed by atoms with Crippen LogP contribution in [-0.2, 0) is 28.6 Å². The highest BCUT2D eigenvalue weighted by Crippen LogP contribution is 2.50. The van der Waals surface area contributed by atoms with Gasteiger partial charge < -0.3 is 19.3 Å². The van der Waals surface area contributed by atoms with Crippen molar-refractivity contribution in [2.24, 2.45) is 20.5 Å². The molecule has 0 unspecified atom stereocenters. The molecule has 0 radical (unpaired) electrons. The first-order valence-electron chi connectivity index (χ1n) is 22.7. The number of hydrogen-bond donors (Lipinski definition) is 0. The maximum Gasteiger partial charge on any atom is 0.464 e. The summed E-state index contributed by atoms with van der Waals surface area (Å²) < 4.78 is 212. The van der Waals surface area contributed by atoms with Gasteiger partial charge >= 0.3 is 43.1 Å². The average molecular weight is 1210 g/mol. The van der Waals surface area contributed by atoms with Crippen molar-refractivity contribution in [3.63, 3.8) is 0 Å². The van der Waals surface area contributed by atoms with Crippen LogP contribution < -0.4 is 19.3 Å². The number of hydrogen-bond acceptors (Lipinski definition) is 20. The molecule has 0 aliphatic heterocycles. The number of anilines is 2. The van der Waals surface area contributed by atoms with E-state index in [2.05, 4.69) is 30.4 Å². The highest BCUT2D eigenvalue weighted by atomic mass is 32.2. The fourth-order valence-corrected chi connectivity index (χ4v) is 12.3. The van der Waals surface area contributed by atoms with E-state index in [1.54, 1.807) is 0 Å². The Balaban J connectivity index is 1.36. The Hall–Kier alpha value is -5.12. The molecule has 2 heterocycles. The highest BCUT2D eigenvalue weighted by molar-refractivity contribution is 8.00. The maximum atomic E-state index is 14.3. The molecule has 0 aliphatic rings. The second kappa shape index (κ2) is 24.9. The zero-order valence-corrected chi connectivity index (χ0v) is 46.1. The summed E-state index contributed by atoms with van der Waals surface area (Å²) in [6, 6.07) is 11.3. The number of halogens is 10. The predicted octanol–water partition coefficient (Wildman–Crippen LogP) is 15.6. The number of fused-ring (bicyclic) bond motifs is 2. The van der Waals surface area contributed by atoms with Crippen molar-refractivity contribution in [1.29, 1.82) is 0 Å². The number of aromatic nitrogens is 2. The maximum absolute atomic E-state index is 14.3. The fraction of sp³-hybridized carbons (Fsp3) is 0.422. The lowest BCUT2D eigenvalue weighted by Gasteiger charge is -2.26. The lowest BCUT2D eigenvalue weighted by Crippen LogP contribution is -2.32. The second-order valence-corrected chi connectivity index (χ2v) is 23.7. The number of benzene rings is 4. The van der Waals surface area contributed by atoms with Crippen LogP contribution in [0.25, 0.3) is 20.4 Å². The van der Waals surface area contributed by atoms with Crippen LogP contribution in [0.15, 0.2) is 101 Å². The molecule has 0 amide bonds. The third kappa shape index (κ3) is 14.8. The van der Waals surface area contributed by atoms with E-state index in [-0.39, 0.29) is 53.6 Å². The van der Waals surface area contributed by atoms with Gasteiger partial charge in [-0.15, -0.1) is 20.5 Å². The van der Waals surface area contributed by atoms with Crippen LogP contribution in [0.1, 0.15) is 53.4 Å². The Bertz CT molecular complexity index is 3110. The number of ether oxygens (including phenoxy) is 2. The molecule has 0 N–H and O–H groups in total. The highest BCUT2D eigenvalue weighted by Gasteiger charge is 2.59. The van der Waals surface area contributed by atoms with Gasteiger partial charge in [-0.2, -0.15) is 60.7 Å². The molecule has 16 nitrogen and oxygen atoms in total. The fourth-order valence-electron chi connectivity index (χ4n) is 7.12. The SMILES string of the molecule is CCCN(CCC)c1cc(S(=O)(=O)OCOS(=O)(=O)c2cc(N(CCC)CCC)c(OC)cc2N=Nc2nc3ccc(SC(F)(F)C(F)(F)F)cc3s2)c(N=Nc2nc3ccc(SC(F)(F)C(F)(F)F)cc3s2)cc1OC. The van der Waals surface area contributed by atoms with Gasteiger partial charge in [0.25, 0.3) is 0 Å². The van der Waals surface area contributed by atoms with Gasteiger partial charge in [0.15, 0.2) is 6.79 Å². The van der Waals surface area contributed by atoms with E-state index in [4.69, 9.17) is 17.8 Å². The molecular weight excluding hydrogens is 1160 g/mol. The first-order chi connectivity index (χ1) is 36.1. The Morgan fingerprint density at radius 3 is 1.19 bits per heavy atom. The summed E-state index contributed by atoms with van der Waals surface area (Å²) in [7, 11) is -7.55. The normalized spacial score (nSPS) is 13.2. The zero-order valence-electron chi connectivity index (χ0n) is 41.2. The van der Waals surface area contributed by atoms with Gasteiger partial charge in [0.05, 0.1) is 46.0 Å².